The molecule has 0 saturated heterocycles. The lowest BCUT2D eigenvalue weighted by Crippen LogP contribution is -1.92. The van der Waals surface area contributed by atoms with E-state index in [4.69, 9.17) is 4.84 Å². The maximum Gasteiger partial charge on any atom is 0.142 e. The zero-order chi connectivity index (χ0) is 11.1. The molecule has 0 aliphatic heterocycles. The number of hydrogen-bond donors (Lipinski definition) is 0. The minimum Gasteiger partial charge on any atom is -0.391 e. The van der Waals surface area contributed by atoms with Gasteiger partial charge < -0.3 is 4.84 Å². The molecule has 1 rings (SSSR count). The summed E-state index contributed by atoms with van der Waals surface area (Å²) in [4.78, 5) is 5.20. The molecule has 0 heterocycles. The molecule has 0 N–H and O–H groups in total. The molecule has 0 saturated carbocycles. The number of aryl methyl sites for hydroxylation is 1. The molecule has 0 radical (unpaired) electrons. The van der Waals surface area contributed by atoms with Crippen molar-refractivity contribution in [2.45, 2.75) is 33.8 Å². The first-order valence-electron chi connectivity index (χ1n) is 5.45. The van der Waals surface area contributed by atoms with Gasteiger partial charge in [0.1, 0.15) is 6.61 Å². The Hall–Kier alpha value is -1.31. The van der Waals surface area contributed by atoms with Gasteiger partial charge in [-0.15, -0.1) is 0 Å². The van der Waals surface area contributed by atoms with Crippen molar-refractivity contribution in [2.75, 3.05) is 0 Å². The van der Waals surface area contributed by atoms with Crippen LogP contribution in [0.4, 0.5) is 0 Å². The Kier molecular flexibility index (Phi) is 4.88. The lowest BCUT2D eigenvalue weighted by atomic mass is 10.1. The maximum absolute atomic E-state index is 5.20. The number of rotatable bonds is 5. The molecule has 0 amide bonds. The van der Waals surface area contributed by atoms with E-state index in [0.717, 1.165) is 6.42 Å². The molecule has 2 heteroatoms. The highest BCUT2D eigenvalue weighted by Gasteiger charge is 1.94. The van der Waals surface area contributed by atoms with E-state index >= 15 is 0 Å². The Morgan fingerprint density at radius 3 is 2.73 bits per heavy atom. The van der Waals surface area contributed by atoms with Crippen molar-refractivity contribution in [3.05, 3.63) is 35.4 Å². The minimum absolute atomic E-state index is 0.437. The molecule has 0 aliphatic carbocycles. The van der Waals surface area contributed by atoms with Gasteiger partial charge in [-0.25, -0.2) is 0 Å². The van der Waals surface area contributed by atoms with E-state index in [1.807, 2.05) is 6.21 Å². The standard InChI is InChI=1S/C13H19NO/c1-4-12-6-5-7-13(8-12)10-15-14-9-11(2)3/h5-9,11H,4,10H2,1-3H3. The molecule has 1 aromatic carbocycles. The van der Waals surface area contributed by atoms with E-state index < -0.39 is 0 Å². The lowest BCUT2D eigenvalue weighted by Gasteiger charge is -2.02. The van der Waals surface area contributed by atoms with Crippen LogP contribution in [0, 0.1) is 5.92 Å². The summed E-state index contributed by atoms with van der Waals surface area (Å²) in [6.07, 6.45) is 2.87. The molecule has 2 nitrogen and oxygen atoms in total. The molecule has 0 bridgehead atoms. The van der Waals surface area contributed by atoms with Crippen LogP contribution in [0.25, 0.3) is 0 Å². The van der Waals surface area contributed by atoms with Crippen LogP contribution in [-0.4, -0.2) is 6.21 Å². The number of oxime groups is 1. The summed E-state index contributed by atoms with van der Waals surface area (Å²) >= 11 is 0. The molecule has 0 atom stereocenters. The molecule has 15 heavy (non-hydrogen) atoms. The van der Waals surface area contributed by atoms with Gasteiger partial charge in [0.25, 0.3) is 0 Å². The Balaban J connectivity index is 2.43. The van der Waals surface area contributed by atoms with Crippen molar-refractivity contribution in [3.63, 3.8) is 0 Å². The van der Waals surface area contributed by atoms with Crippen LogP contribution in [0.3, 0.4) is 0 Å². The highest BCUT2D eigenvalue weighted by atomic mass is 16.6. The summed E-state index contributed by atoms with van der Waals surface area (Å²) in [7, 11) is 0. The second kappa shape index (κ2) is 6.23. The normalized spacial score (nSPS) is 11.2. The van der Waals surface area contributed by atoms with Crippen molar-refractivity contribution >= 4 is 6.21 Å². The largest absolute Gasteiger partial charge is 0.391 e. The average molecular weight is 205 g/mol. The molecular weight excluding hydrogens is 186 g/mol. The van der Waals surface area contributed by atoms with Crippen LogP contribution in [0.1, 0.15) is 31.9 Å². The van der Waals surface area contributed by atoms with E-state index in [-0.39, 0.29) is 0 Å². The van der Waals surface area contributed by atoms with E-state index in [2.05, 4.69) is 50.2 Å². The molecular formula is C13H19NO. The van der Waals surface area contributed by atoms with Crippen LogP contribution in [-0.2, 0) is 17.9 Å². The highest BCUT2D eigenvalue weighted by molar-refractivity contribution is 5.58. The lowest BCUT2D eigenvalue weighted by molar-refractivity contribution is 0.131. The molecule has 82 valence electrons. The zero-order valence-electron chi connectivity index (χ0n) is 9.73. The molecule has 1 aromatic rings. The monoisotopic (exact) mass is 205 g/mol. The topological polar surface area (TPSA) is 21.6 Å². The van der Waals surface area contributed by atoms with Crippen molar-refractivity contribution in [3.8, 4) is 0 Å². The molecule has 0 fully saturated rings. The first-order valence-corrected chi connectivity index (χ1v) is 5.45. The van der Waals surface area contributed by atoms with Gasteiger partial charge in [-0.2, -0.15) is 0 Å². The van der Waals surface area contributed by atoms with E-state index in [0.29, 0.717) is 12.5 Å². The summed E-state index contributed by atoms with van der Waals surface area (Å²) in [5, 5.41) is 3.90. The van der Waals surface area contributed by atoms with Gasteiger partial charge >= 0.3 is 0 Å². The van der Waals surface area contributed by atoms with Crippen molar-refractivity contribution < 1.29 is 4.84 Å². The van der Waals surface area contributed by atoms with Gasteiger partial charge in [0.05, 0.1) is 0 Å². The highest BCUT2D eigenvalue weighted by Crippen LogP contribution is 2.07. The van der Waals surface area contributed by atoms with Gasteiger partial charge in [-0.05, 0) is 23.5 Å². The maximum atomic E-state index is 5.20. The third kappa shape index (κ3) is 4.63. The fourth-order valence-corrected chi connectivity index (χ4v) is 1.22. The van der Waals surface area contributed by atoms with Crippen molar-refractivity contribution in [1.29, 1.82) is 0 Å². The first kappa shape index (κ1) is 11.8. The summed E-state index contributed by atoms with van der Waals surface area (Å²) in [5.41, 5.74) is 2.51. The van der Waals surface area contributed by atoms with Crippen LogP contribution < -0.4 is 0 Å². The third-order valence-electron chi connectivity index (χ3n) is 2.06. The summed E-state index contributed by atoms with van der Waals surface area (Å²) in [6, 6.07) is 8.40. The fraction of sp³-hybridized carbons (Fsp3) is 0.462. The van der Waals surface area contributed by atoms with E-state index in [1.165, 1.54) is 11.1 Å². The first-order chi connectivity index (χ1) is 7.22. The summed E-state index contributed by atoms with van der Waals surface area (Å²) in [5.74, 6) is 0.437. The number of nitrogens with zero attached hydrogens (tertiary/aromatic N) is 1. The van der Waals surface area contributed by atoms with Gasteiger partial charge in [-0.3, -0.25) is 0 Å². The second-order valence-corrected chi connectivity index (χ2v) is 3.95. The molecule has 0 unspecified atom stereocenters. The predicted octanol–water partition coefficient (Wildman–Crippen LogP) is 3.41. The van der Waals surface area contributed by atoms with Crippen LogP contribution in [0.2, 0.25) is 0 Å². The third-order valence-corrected chi connectivity index (χ3v) is 2.06. The van der Waals surface area contributed by atoms with Gasteiger partial charge in [0.15, 0.2) is 0 Å². The minimum atomic E-state index is 0.437. The quantitative estimate of drug-likeness (QED) is 0.533. The number of hydrogen-bond acceptors (Lipinski definition) is 2. The zero-order valence-corrected chi connectivity index (χ0v) is 9.73. The van der Waals surface area contributed by atoms with E-state index in [9.17, 15) is 0 Å². The van der Waals surface area contributed by atoms with Crippen LogP contribution >= 0.6 is 0 Å². The summed E-state index contributed by atoms with van der Waals surface area (Å²) in [6.45, 7) is 6.85. The second-order valence-electron chi connectivity index (χ2n) is 3.95. The predicted molar refractivity (Wildman–Crippen MR) is 63.9 cm³/mol. The van der Waals surface area contributed by atoms with Crippen LogP contribution in [0.5, 0.6) is 0 Å². The Labute approximate surface area is 91.9 Å². The van der Waals surface area contributed by atoms with Gasteiger partial charge in [0, 0.05) is 6.21 Å². The van der Waals surface area contributed by atoms with E-state index in [1.54, 1.807) is 0 Å². The number of benzene rings is 1. The van der Waals surface area contributed by atoms with Crippen LogP contribution in [0.15, 0.2) is 29.4 Å². The van der Waals surface area contributed by atoms with Gasteiger partial charge in [-0.1, -0.05) is 50.2 Å². The SMILES string of the molecule is CCc1cccc(CON=CC(C)C)c1. The average Bonchev–Trinajstić information content (AvgIpc) is 2.24. The Bertz CT molecular complexity index is 318. The smallest absolute Gasteiger partial charge is 0.142 e. The molecule has 0 aliphatic rings. The Morgan fingerprint density at radius 1 is 1.33 bits per heavy atom. The molecule has 0 spiro atoms. The summed E-state index contributed by atoms with van der Waals surface area (Å²) < 4.78 is 0. The Morgan fingerprint density at radius 2 is 2.07 bits per heavy atom. The molecule has 0 aromatic heterocycles. The van der Waals surface area contributed by atoms with Crippen molar-refractivity contribution in [2.24, 2.45) is 11.1 Å². The fourth-order valence-electron chi connectivity index (χ4n) is 1.22. The van der Waals surface area contributed by atoms with Gasteiger partial charge in [0.2, 0.25) is 0 Å². The van der Waals surface area contributed by atoms with Crippen molar-refractivity contribution in [1.82, 2.24) is 0 Å².